The molecule has 5 rings (SSSR count). The summed E-state index contributed by atoms with van der Waals surface area (Å²) in [5.74, 6) is 1.48. The Morgan fingerprint density at radius 3 is 2.86 bits per heavy atom. The van der Waals surface area contributed by atoms with Gasteiger partial charge in [0.2, 0.25) is 4.96 Å². The lowest BCUT2D eigenvalue weighted by molar-refractivity contribution is 0.344. The Morgan fingerprint density at radius 2 is 2.00 bits per heavy atom. The van der Waals surface area contributed by atoms with Gasteiger partial charge in [-0.05, 0) is 25.7 Å². The fraction of sp³-hybridized carbons (Fsp3) is 0.600. The Labute approximate surface area is 85.8 Å². The van der Waals surface area contributed by atoms with Gasteiger partial charge in [-0.1, -0.05) is 11.3 Å². The average molecular weight is 205 g/mol. The fourth-order valence-corrected chi connectivity index (χ4v) is 3.68. The summed E-state index contributed by atoms with van der Waals surface area (Å²) in [4.78, 5) is 5.81. The van der Waals surface area contributed by atoms with E-state index in [-0.39, 0.29) is 0 Å². The molecule has 0 aliphatic heterocycles. The van der Waals surface area contributed by atoms with Crippen LogP contribution in [0.15, 0.2) is 5.51 Å². The minimum absolute atomic E-state index is 0.740. The molecule has 0 N–H and O–H groups in total. The first kappa shape index (κ1) is 7.40. The highest BCUT2D eigenvalue weighted by Crippen LogP contribution is 2.49. The minimum atomic E-state index is 0.740. The van der Waals surface area contributed by atoms with Crippen LogP contribution in [-0.4, -0.2) is 14.6 Å². The molecule has 1 saturated carbocycles. The lowest BCUT2D eigenvalue weighted by atomic mass is 9.71. The van der Waals surface area contributed by atoms with E-state index >= 15 is 0 Å². The molecule has 2 aromatic rings. The highest BCUT2D eigenvalue weighted by atomic mass is 32.1. The maximum absolute atomic E-state index is 4.71. The van der Waals surface area contributed by atoms with Crippen LogP contribution in [0.4, 0.5) is 0 Å². The van der Waals surface area contributed by atoms with Gasteiger partial charge >= 0.3 is 0 Å². The van der Waals surface area contributed by atoms with Gasteiger partial charge in [-0.15, -0.1) is 0 Å². The van der Waals surface area contributed by atoms with Crippen molar-refractivity contribution in [2.24, 2.45) is 0 Å². The topological polar surface area (TPSA) is 30.2 Å². The fourth-order valence-electron chi connectivity index (χ4n) is 3.05. The van der Waals surface area contributed by atoms with E-state index in [0.29, 0.717) is 0 Å². The first-order valence-corrected chi connectivity index (χ1v) is 6.13. The molecule has 2 aromatic heterocycles. The molecule has 3 nitrogen and oxygen atoms in total. The molecule has 0 aromatic carbocycles. The monoisotopic (exact) mass is 205 g/mol. The lowest BCUT2D eigenvalue weighted by Gasteiger charge is -2.34. The first-order chi connectivity index (χ1) is 6.93. The van der Waals surface area contributed by atoms with E-state index in [4.69, 9.17) is 4.98 Å². The number of aromatic nitrogens is 3. The summed E-state index contributed by atoms with van der Waals surface area (Å²) in [7, 11) is 0. The van der Waals surface area contributed by atoms with Crippen LogP contribution in [0, 0.1) is 0 Å². The second-order valence-corrected chi connectivity index (χ2v) is 5.18. The zero-order chi connectivity index (χ0) is 9.12. The molecule has 1 fully saturated rings. The molecule has 0 spiro atoms. The smallest absolute Gasteiger partial charge is 0.212 e. The Balaban J connectivity index is 2.10. The summed E-state index contributed by atoms with van der Waals surface area (Å²) >= 11 is 1.65. The van der Waals surface area contributed by atoms with Gasteiger partial charge in [0.05, 0.1) is 11.4 Å². The maximum Gasteiger partial charge on any atom is 0.212 e. The van der Waals surface area contributed by atoms with E-state index in [9.17, 15) is 0 Å². The van der Waals surface area contributed by atoms with Crippen LogP contribution in [0.2, 0.25) is 0 Å². The van der Waals surface area contributed by atoms with Crippen LogP contribution in [0.5, 0.6) is 0 Å². The van der Waals surface area contributed by atoms with Crippen LogP contribution < -0.4 is 0 Å². The normalized spacial score (nSPS) is 29.7. The van der Waals surface area contributed by atoms with Crippen molar-refractivity contribution in [2.45, 2.75) is 37.5 Å². The molecule has 0 radical (unpaired) electrons. The molecule has 0 atom stereocenters. The van der Waals surface area contributed by atoms with Gasteiger partial charge in [-0.25, -0.2) is 9.50 Å². The molecule has 0 unspecified atom stereocenters. The molecule has 0 saturated heterocycles. The van der Waals surface area contributed by atoms with Crippen LogP contribution in [0.3, 0.4) is 0 Å². The molecule has 72 valence electrons. The predicted molar refractivity (Wildman–Crippen MR) is 54.8 cm³/mol. The number of rotatable bonds is 0. The van der Waals surface area contributed by atoms with E-state index < -0.39 is 0 Å². The van der Waals surface area contributed by atoms with E-state index in [1.807, 2.05) is 5.51 Å². The van der Waals surface area contributed by atoms with Gasteiger partial charge in [-0.2, -0.15) is 5.10 Å². The van der Waals surface area contributed by atoms with Crippen LogP contribution in [0.1, 0.15) is 48.9 Å². The van der Waals surface area contributed by atoms with Gasteiger partial charge in [-0.3, -0.25) is 0 Å². The Hall–Kier alpha value is -0.900. The van der Waals surface area contributed by atoms with Crippen molar-refractivity contribution >= 4 is 16.3 Å². The van der Waals surface area contributed by atoms with Crippen molar-refractivity contribution in [1.82, 2.24) is 14.6 Å². The standard InChI is InChI=1S/C10H11N3S/c1-3-7-4-2-6(1)8-9(7)13-10(12-8)14-5-11-13/h5-7H,1-4H2. The second kappa shape index (κ2) is 2.37. The lowest BCUT2D eigenvalue weighted by Crippen LogP contribution is -2.22. The van der Waals surface area contributed by atoms with Crippen LogP contribution >= 0.6 is 11.3 Å². The molecule has 0 amide bonds. The zero-order valence-corrected chi connectivity index (χ0v) is 8.63. The maximum atomic E-state index is 4.71. The summed E-state index contributed by atoms with van der Waals surface area (Å²) < 4.78 is 2.08. The van der Waals surface area contributed by atoms with Crippen molar-refractivity contribution in [3.63, 3.8) is 0 Å². The molecular formula is C10H11N3S. The summed E-state index contributed by atoms with van der Waals surface area (Å²) in [6, 6.07) is 0. The van der Waals surface area contributed by atoms with E-state index in [1.165, 1.54) is 37.1 Å². The number of fused-ring (bicyclic) bond motifs is 3. The predicted octanol–water partition coefficient (Wildman–Crippen LogP) is 2.55. The van der Waals surface area contributed by atoms with Gasteiger partial charge < -0.3 is 0 Å². The molecule has 4 heteroatoms. The Bertz CT molecular complexity index is 490. The highest BCUT2D eigenvalue weighted by Gasteiger charge is 2.37. The Morgan fingerprint density at radius 1 is 1.21 bits per heavy atom. The van der Waals surface area contributed by atoms with Gasteiger partial charge in [0.15, 0.2) is 0 Å². The minimum Gasteiger partial charge on any atom is -0.222 e. The number of hydrogen-bond donors (Lipinski definition) is 0. The van der Waals surface area contributed by atoms with E-state index in [1.54, 1.807) is 11.3 Å². The third-order valence-electron chi connectivity index (χ3n) is 3.71. The average Bonchev–Trinajstić information content (AvgIpc) is 2.78. The molecule has 2 bridgehead atoms. The van der Waals surface area contributed by atoms with Crippen molar-refractivity contribution in [1.29, 1.82) is 0 Å². The van der Waals surface area contributed by atoms with Gasteiger partial charge in [0, 0.05) is 11.8 Å². The van der Waals surface area contributed by atoms with Crippen molar-refractivity contribution in [3.05, 3.63) is 16.9 Å². The van der Waals surface area contributed by atoms with Gasteiger partial charge in [0.25, 0.3) is 0 Å². The highest BCUT2D eigenvalue weighted by molar-refractivity contribution is 7.14. The zero-order valence-electron chi connectivity index (χ0n) is 7.81. The molecule has 2 heterocycles. The molecular weight excluding hydrogens is 194 g/mol. The van der Waals surface area contributed by atoms with Crippen LogP contribution in [-0.2, 0) is 0 Å². The number of imidazole rings is 1. The summed E-state index contributed by atoms with van der Waals surface area (Å²) in [5, 5.41) is 4.38. The molecule has 3 aliphatic rings. The van der Waals surface area contributed by atoms with Crippen molar-refractivity contribution in [2.75, 3.05) is 0 Å². The van der Waals surface area contributed by atoms with E-state index in [0.717, 1.165) is 16.8 Å². The van der Waals surface area contributed by atoms with E-state index in [2.05, 4.69) is 9.61 Å². The SMILES string of the molecule is c1nn2c3c(nc2s1)C1CCC3CC1. The Kier molecular flexibility index (Phi) is 1.25. The third kappa shape index (κ3) is 0.741. The second-order valence-electron chi connectivity index (χ2n) is 4.36. The quantitative estimate of drug-likeness (QED) is 0.661. The van der Waals surface area contributed by atoms with Crippen molar-refractivity contribution < 1.29 is 0 Å². The number of nitrogens with zero attached hydrogens (tertiary/aromatic N) is 3. The van der Waals surface area contributed by atoms with Crippen molar-refractivity contribution in [3.8, 4) is 0 Å². The summed E-state index contributed by atoms with van der Waals surface area (Å²) in [6.07, 6.45) is 5.40. The number of hydrogen-bond acceptors (Lipinski definition) is 3. The molecule has 14 heavy (non-hydrogen) atoms. The molecule has 3 aliphatic carbocycles. The largest absolute Gasteiger partial charge is 0.222 e. The first-order valence-electron chi connectivity index (χ1n) is 5.25. The van der Waals surface area contributed by atoms with Crippen LogP contribution in [0.25, 0.3) is 4.96 Å². The third-order valence-corrected chi connectivity index (χ3v) is 4.38. The summed E-state index contributed by atoms with van der Waals surface area (Å²) in [5.41, 5.74) is 4.70. The van der Waals surface area contributed by atoms with Gasteiger partial charge in [0.1, 0.15) is 5.51 Å². The summed E-state index contributed by atoms with van der Waals surface area (Å²) in [6.45, 7) is 0.